The summed E-state index contributed by atoms with van der Waals surface area (Å²) in [4.78, 5) is 15.4. The second kappa shape index (κ2) is 7.78. The Labute approximate surface area is 168 Å². The zero-order valence-electron chi connectivity index (χ0n) is 16.5. The number of carbonyl (C=O) groups is 1. The lowest BCUT2D eigenvalue weighted by Gasteiger charge is -2.28. The number of aromatic nitrogens is 4. The van der Waals surface area contributed by atoms with E-state index in [-0.39, 0.29) is 5.91 Å². The summed E-state index contributed by atoms with van der Waals surface area (Å²) < 4.78 is 12.1. The number of benzene rings is 2. The average Bonchev–Trinajstić information content (AvgIpc) is 3.28. The summed E-state index contributed by atoms with van der Waals surface area (Å²) in [6, 6.07) is 9.29. The van der Waals surface area contributed by atoms with Gasteiger partial charge in [-0.3, -0.25) is 4.79 Å². The molecule has 1 aliphatic heterocycles. The SMILES string of the molecule is COc1cc(C(=O)Nc2ccc3c(c2)N(C)CCC3)c(-n2cnnn2)cc1OC. The van der Waals surface area contributed by atoms with Crippen molar-refractivity contribution < 1.29 is 14.3 Å². The summed E-state index contributed by atoms with van der Waals surface area (Å²) in [6.07, 6.45) is 3.61. The van der Waals surface area contributed by atoms with Crippen LogP contribution >= 0.6 is 0 Å². The minimum atomic E-state index is -0.296. The predicted octanol–water partition coefficient (Wildman–Crippen LogP) is 2.31. The van der Waals surface area contributed by atoms with E-state index >= 15 is 0 Å². The van der Waals surface area contributed by atoms with E-state index in [1.807, 2.05) is 12.1 Å². The average molecular weight is 394 g/mol. The minimum absolute atomic E-state index is 0.296. The van der Waals surface area contributed by atoms with Gasteiger partial charge in [0, 0.05) is 31.0 Å². The molecule has 0 saturated carbocycles. The molecule has 2 aromatic carbocycles. The van der Waals surface area contributed by atoms with Crippen molar-refractivity contribution in [2.45, 2.75) is 12.8 Å². The number of tetrazole rings is 1. The smallest absolute Gasteiger partial charge is 0.258 e. The third kappa shape index (κ3) is 3.58. The van der Waals surface area contributed by atoms with Crippen molar-refractivity contribution >= 4 is 17.3 Å². The number of anilines is 2. The van der Waals surface area contributed by atoms with Crippen molar-refractivity contribution in [1.29, 1.82) is 0 Å². The van der Waals surface area contributed by atoms with E-state index in [0.717, 1.165) is 30.8 Å². The van der Waals surface area contributed by atoms with Crippen LogP contribution in [0, 0.1) is 0 Å². The van der Waals surface area contributed by atoms with E-state index in [9.17, 15) is 4.79 Å². The molecule has 0 saturated heterocycles. The Morgan fingerprint density at radius 1 is 1.10 bits per heavy atom. The van der Waals surface area contributed by atoms with Crippen molar-refractivity contribution in [2.75, 3.05) is 38.0 Å². The number of hydrogen-bond donors (Lipinski definition) is 1. The van der Waals surface area contributed by atoms with Gasteiger partial charge >= 0.3 is 0 Å². The van der Waals surface area contributed by atoms with Crippen LogP contribution < -0.4 is 19.7 Å². The number of hydrogen-bond acceptors (Lipinski definition) is 7. The topological polar surface area (TPSA) is 94.4 Å². The van der Waals surface area contributed by atoms with Crippen LogP contribution in [0.4, 0.5) is 11.4 Å². The molecule has 1 N–H and O–H groups in total. The summed E-state index contributed by atoms with van der Waals surface area (Å²) in [5.41, 5.74) is 4.00. The van der Waals surface area contributed by atoms with Gasteiger partial charge in [-0.15, -0.1) is 5.10 Å². The monoisotopic (exact) mass is 394 g/mol. The zero-order valence-corrected chi connectivity index (χ0v) is 16.5. The number of rotatable bonds is 5. The number of aryl methyl sites for hydroxylation is 1. The lowest BCUT2D eigenvalue weighted by Crippen LogP contribution is -2.25. The first-order chi connectivity index (χ1) is 14.1. The van der Waals surface area contributed by atoms with Gasteiger partial charge < -0.3 is 19.7 Å². The summed E-state index contributed by atoms with van der Waals surface area (Å²) >= 11 is 0. The normalized spacial score (nSPS) is 13.0. The number of ether oxygens (including phenoxy) is 2. The molecule has 9 nitrogen and oxygen atoms in total. The molecule has 0 bridgehead atoms. The van der Waals surface area contributed by atoms with Crippen LogP contribution in [0.3, 0.4) is 0 Å². The Kier molecular flexibility index (Phi) is 5.03. The number of fused-ring (bicyclic) bond motifs is 1. The fourth-order valence-electron chi connectivity index (χ4n) is 3.55. The lowest BCUT2D eigenvalue weighted by molar-refractivity contribution is 0.102. The molecule has 4 rings (SSSR count). The largest absolute Gasteiger partial charge is 0.493 e. The number of nitrogens with zero attached hydrogens (tertiary/aromatic N) is 5. The Bertz CT molecular complexity index is 1030. The fraction of sp³-hybridized carbons (Fsp3) is 0.300. The molecule has 9 heteroatoms. The van der Waals surface area contributed by atoms with E-state index in [1.165, 1.54) is 30.8 Å². The van der Waals surface area contributed by atoms with Crippen LogP contribution in [0.2, 0.25) is 0 Å². The summed E-state index contributed by atoms with van der Waals surface area (Å²) in [5.74, 6) is 0.625. The Hall–Kier alpha value is -3.62. The van der Waals surface area contributed by atoms with Crippen LogP contribution in [0.5, 0.6) is 11.5 Å². The molecule has 0 spiro atoms. The Balaban J connectivity index is 1.70. The Morgan fingerprint density at radius 2 is 1.90 bits per heavy atom. The van der Waals surface area contributed by atoms with Crippen LogP contribution in [0.25, 0.3) is 5.69 Å². The summed E-state index contributed by atoms with van der Waals surface area (Å²) in [6.45, 7) is 1.00. The molecule has 1 amide bonds. The first-order valence-electron chi connectivity index (χ1n) is 9.25. The van der Waals surface area contributed by atoms with Crippen molar-refractivity contribution in [3.8, 4) is 17.2 Å². The standard InChI is InChI=1S/C20H22N6O3/c1-25-8-4-5-13-6-7-14(9-16(13)25)22-20(27)15-10-18(28-2)19(29-3)11-17(15)26-12-21-23-24-26/h6-7,9-12H,4-5,8H2,1-3H3,(H,22,27). The molecule has 0 atom stereocenters. The van der Waals surface area contributed by atoms with Gasteiger partial charge in [-0.1, -0.05) is 6.07 Å². The van der Waals surface area contributed by atoms with E-state index in [4.69, 9.17) is 9.47 Å². The first-order valence-corrected chi connectivity index (χ1v) is 9.25. The third-order valence-electron chi connectivity index (χ3n) is 5.04. The highest BCUT2D eigenvalue weighted by Crippen LogP contribution is 2.33. The molecule has 1 aliphatic rings. The van der Waals surface area contributed by atoms with Crippen molar-refractivity contribution in [3.05, 3.63) is 47.8 Å². The lowest BCUT2D eigenvalue weighted by atomic mass is 10.0. The number of carbonyl (C=O) groups excluding carboxylic acids is 1. The number of nitrogens with one attached hydrogen (secondary N) is 1. The second-order valence-corrected chi connectivity index (χ2v) is 6.80. The zero-order chi connectivity index (χ0) is 20.4. The maximum Gasteiger partial charge on any atom is 0.258 e. The van der Waals surface area contributed by atoms with Gasteiger partial charge in [-0.25, -0.2) is 0 Å². The molecule has 1 aromatic heterocycles. The van der Waals surface area contributed by atoms with E-state index in [1.54, 1.807) is 12.1 Å². The fourth-order valence-corrected chi connectivity index (χ4v) is 3.55. The van der Waals surface area contributed by atoms with Crippen molar-refractivity contribution in [3.63, 3.8) is 0 Å². The van der Waals surface area contributed by atoms with Gasteiger partial charge in [-0.05, 0) is 47.0 Å². The van der Waals surface area contributed by atoms with Gasteiger partial charge in [0.15, 0.2) is 11.5 Å². The molecular formula is C20H22N6O3. The molecule has 0 radical (unpaired) electrons. The van der Waals surface area contributed by atoms with Gasteiger partial charge in [0.25, 0.3) is 5.91 Å². The molecule has 0 fully saturated rings. The maximum absolute atomic E-state index is 13.1. The van der Waals surface area contributed by atoms with Crippen LogP contribution in [-0.2, 0) is 6.42 Å². The van der Waals surface area contributed by atoms with E-state index < -0.39 is 0 Å². The molecule has 2 heterocycles. The predicted molar refractivity (Wildman–Crippen MR) is 108 cm³/mol. The van der Waals surface area contributed by atoms with Crippen LogP contribution in [0.15, 0.2) is 36.7 Å². The van der Waals surface area contributed by atoms with Gasteiger partial charge in [0.05, 0.1) is 25.5 Å². The van der Waals surface area contributed by atoms with Crippen LogP contribution in [0.1, 0.15) is 22.3 Å². The van der Waals surface area contributed by atoms with E-state index in [0.29, 0.717) is 22.7 Å². The van der Waals surface area contributed by atoms with Gasteiger partial charge in [0.1, 0.15) is 6.33 Å². The number of amides is 1. The highest BCUT2D eigenvalue weighted by atomic mass is 16.5. The molecule has 29 heavy (non-hydrogen) atoms. The number of methoxy groups -OCH3 is 2. The quantitative estimate of drug-likeness (QED) is 0.710. The molecule has 150 valence electrons. The highest BCUT2D eigenvalue weighted by molar-refractivity contribution is 6.07. The van der Waals surface area contributed by atoms with E-state index in [2.05, 4.69) is 38.9 Å². The van der Waals surface area contributed by atoms with Gasteiger partial charge in [0.2, 0.25) is 0 Å². The minimum Gasteiger partial charge on any atom is -0.493 e. The van der Waals surface area contributed by atoms with Crippen LogP contribution in [-0.4, -0.2) is 53.9 Å². The molecule has 0 aliphatic carbocycles. The van der Waals surface area contributed by atoms with Gasteiger partial charge in [-0.2, -0.15) is 4.68 Å². The summed E-state index contributed by atoms with van der Waals surface area (Å²) in [5, 5.41) is 14.2. The first kappa shape index (κ1) is 18.7. The second-order valence-electron chi connectivity index (χ2n) is 6.80. The highest BCUT2D eigenvalue weighted by Gasteiger charge is 2.20. The van der Waals surface area contributed by atoms with Crippen molar-refractivity contribution in [1.82, 2.24) is 20.2 Å². The third-order valence-corrected chi connectivity index (χ3v) is 5.04. The molecule has 3 aromatic rings. The molecular weight excluding hydrogens is 372 g/mol. The summed E-state index contributed by atoms with van der Waals surface area (Å²) in [7, 11) is 5.12. The van der Waals surface area contributed by atoms with Crippen molar-refractivity contribution in [2.24, 2.45) is 0 Å². The maximum atomic E-state index is 13.1. The Morgan fingerprint density at radius 3 is 2.62 bits per heavy atom. The molecule has 0 unspecified atom stereocenters.